The summed E-state index contributed by atoms with van der Waals surface area (Å²) in [7, 11) is -4.47. The van der Waals surface area contributed by atoms with E-state index in [1.54, 1.807) is 30.3 Å². The van der Waals surface area contributed by atoms with Crippen molar-refractivity contribution >= 4 is 32.7 Å². The van der Waals surface area contributed by atoms with Gasteiger partial charge in [-0.1, -0.05) is 47.0 Å². The molecular weight excluding hydrogens is 552 g/mol. The maximum absolute atomic E-state index is 13.8. The predicted octanol–water partition coefficient (Wildman–Crippen LogP) is 7.70. The molecule has 0 aliphatic rings. The van der Waals surface area contributed by atoms with Crippen LogP contribution < -0.4 is 9.04 Å². The van der Waals surface area contributed by atoms with Gasteiger partial charge in [-0.3, -0.25) is 9.35 Å². The quantitative estimate of drug-likeness (QED) is 0.0806. The number of hydrogen-bond acceptors (Lipinski definition) is 6. The molecule has 8 nitrogen and oxygen atoms in total. The smallest absolute Gasteiger partial charge is 0.359 e. The third-order valence-corrected chi connectivity index (χ3v) is 8.33. The highest BCUT2D eigenvalue weighted by Crippen LogP contribution is 2.33. The Bertz CT molecular complexity index is 1360. The fourth-order valence-corrected chi connectivity index (χ4v) is 5.85. The Morgan fingerprint density at radius 2 is 1.48 bits per heavy atom. The Morgan fingerprint density at radius 3 is 2.07 bits per heavy atom. The molecular formula is C33H48N2O6S. The van der Waals surface area contributed by atoms with Crippen LogP contribution >= 0.6 is 0 Å². The van der Waals surface area contributed by atoms with Gasteiger partial charge in [0, 0.05) is 30.5 Å². The number of anilines is 1. The molecule has 2 aromatic carbocycles. The molecule has 0 fully saturated rings. The van der Waals surface area contributed by atoms with Crippen molar-refractivity contribution in [2.45, 2.75) is 85.5 Å². The number of carbonyl (C=O) groups excluding carboxylic acids is 1. The number of ether oxygens (including phenoxy) is 1. The average molecular weight is 601 g/mol. The van der Waals surface area contributed by atoms with Crippen molar-refractivity contribution in [3.63, 3.8) is 0 Å². The molecule has 0 bridgehead atoms. The number of hydrogen-bond donors (Lipinski definition) is 1. The van der Waals surface area contributed by atoms with Crippen LogP contribution in [0, 0.1) is 0 Å². The molecule has 0 atom stereocenters. The molecule has 0 amide bonds. The minimum atomic E-state index is -4.47. The highest BCUT2D eigenvalue weighted by Gasteiger charge is 2.25. The van der Waals surface area contributed by atoms with Gasteiger partial charge in [-0.05, 0) is 87.7 Å². The second kappa shape index (κ2) is 16.7. The van der Waals surface area contributed by atoms with Crippen LogP contribution in [0.15, 0.2) is 46.9 Å². The van der Waals surface area contributed by atoms with Crippen LogP contribution in [0.3, 0.4) is 0 Å². The summed E-state index contributed by atoms with van der Waals surface area (Å²) >= 11 is 0. The first kappa shape index (κ1) is 33.6. The van der Waals surface area contributed by atoms with E-state index in [1.165, 1.54) is 25.7 Å². The fraction of sp³-hybridized carbons (Fsp3) is 0.545. The minimum Gasteiger partial charge on any atom is -0.494 e. The number of ketones is 1. The molecule has 0 radical (unpaired) electrons. The van der Waals surface area contributed by atoms with E-state index < -0.39 is 10.3 Å². The van der Waals surface area contributed by atoms with Crippen molar-refractivity contribution in [3.8, 4) is 5.75 Å². The molecule has 0 aliphatic heterocycles. The summed E-state index contributed by atoms with van der Waals surface area (Å²) in [6.07, 6.45) is 8.65. The highest BCUT2D eigenvalue weighted by molar-refractivity contribution is 7.87. The first-order valence-electron chi connectivity index (χ1n) is 15.5. The first-order valence-corrected chi connectivity index (χ1v) is 16.9. The van der Waals surface area contributed by atoms with Gasteiger partial charge in [0.1, 0.15) is 17.1 Å². The third kappa shape index (κ3) is 9.31. The second-order valence-electron chi connectivity index (χ2n) is 10.8. The van der Waals surface area contributed by atoms with Crippen LogP contribution in [0.25, 0.3) is 11.0 Å². The summed E-state index contributed by atoms with van der Waals surface area (Å²) in [5, 5.41) is 0.532. The molecule has 232 valence electrons. The lowest BCUT2D eigenvalue weighted by atomic mass is 9.98. The van der Waals surface area contributed by atoms with Gasteiger partial charge < -0.3 is 14.1 Å². The fourth-order valence-electron chi connectivity index (χ4n) is 5.06. The molecule has 1 N–H and O–H groups in total. The minimum absolute atomic E-state index is 0.116. The first-order chi connectivity index (χ1) is 20.2. The number of nitrogens with zero attached hydrogens (tertiary/aromatic N) is 2. The Kier molecular flexibility index (Phi) is 13.4. The number of aryl methyl sites for hydroxylation is 1. The van der Waals surface area contributed by atoms with Gasteiger partial charge in [0.05, 0.1) is 17.9 Å². The summed E-state index contributed by atoms with van der Waals surface area (Å²) in [5.41, 5.74) is 1.72. The molecule has 3 aromatic rings. The molecule has 0 saturated heterocycles. The van der Waals surface area contributed by atoms with Gasteiger partial charge in [-0.25, -0.2) is 4.31 Å². The van der Waals surface area contributed by atoms with Crippen LogP contribution in [0.1, 0.15) is 101 Å². The molecule has 9 heteroatoms. The van der Waals surface area contributed by atoms with Crippen molar-refractivity contribution in [3.05, 3.63) is 59.4 Å². The third-order valence-electron chi connectivity index (χ3n) is 7.38. The van der Waals surface area contributed by atoms with E-state index in [1.807, 2.05) is 19.1 Å². The van der Waals surface area contributed by atoms with E-state index in [0.29, 0.717) is 53.1 Å². The van der Waals surface area contributed by atoms with Crippen LogP contribution in [-0.2, 0) is 16.7 Å². The lowest BCUT2D eigenvalue weighted by molar-refractivity contribution is 0.103. The van der Waals surface area contributed by atoms with Gasteiger partial charge in [0.25, 0.3) is 0 Å². The van der Waals surface area contributed by atoms with Gasteiger partial charge in [-0.2, -0.15) is 8.42 Å². The number of carbonyl (C=O) groups is 1. The predicted molar refractivity (Wildman–Crippen MR) is 170 cm³/mol. The average Bonchev–Trinajstić information content (AvgIpc) is 3.34. The Morgan fingerprint density at radius 1 is 0.833 bits per heavy atom. The Hall–Kier alpha value is -2.88. The molecule has 0 unspecified atom stereocenters. The van der Waals surface area contributed by atoms with Crippen LogP contribution in [0.2, 0.25) is 0 Å². The summed E-state index contributed by atoms with van der Waals surface area (Å²) in [6.45, 7) is 12.3. The molecule has 1 heterocycles. The number of fused-ring (bicyclic) bond motifs is 1. The summed E-state index contributed by atoms with van der Waals surface area (Å²) in [5.74, 6) is 1.10. The van der Waals surface area contributed by atoms with Crippen molar-refractivity contribution in [1.82, 2.24) is 4.90 Å². The van der Waals surface area contributed by atoms with Crippen LogP contribution in [0.5, 0.6) is 5.75 Å². The van der Waals surface area contributed by atoms with Gasteiger partial charge >= 0.3 is 10.3 Å². The maximum Gasteiger partial charge on any atom is 0.359 e. The number of unbranched alkanes of at least 4 members (excludes halogenated alkanes) is 3. The molecule has 0 aliphatic carbocycles. The van der Waals surface area contributed by atoms with Crippen molar-refractivity contribution in [1.29, 1.82) is 0 Å². The molecule has 0 spiro atoms. The van der Waals surface area contributed by atoms with Crippen LogP contribution in [0.4, 0.5) is 5.69 Å². The van der Waals surface area contributed by atoms with Crippen molar-refractivity contribution < 1.29 is 26.9 Å². The van der Waals surface area contributed by atoms with E-state index in [0.717, 1.165) is 43.2 Å². The van der Waals surface area contributed by atoms with E-state index >= 15 is 0 Å². The lowest BCUT2D eigenvalue weighted by Crippen LogP contribution is -2.30. The van der Waals surface area contributed by atoms with Gasteiger partial charge in [0.2, 0.25) is 0 Å². The maximum atomic E-state index is 13.8. The molecule has 1 aromatic heterocycles. The lowest BCUT2D eigenvalue weighted by Gasteiger charge is -2.21. The van der Waals surface area contributed by atoms with E-state index in [-0.39, 0.29) is 18.0 Å². The Labute approximate surface area is 251 Å². The van der Waals surface area contributed by atoms with Crippen molar-refractivity contribution in [2.24, 2.45) is 0 Å². The largest absolute Gasteiger partial charge is 0.494 e. The van der Waals surface area contributed by atoms with E-state index in [4.69, 9.17) is 9.15 Å². The van der Waals surface area contributed by atoms with E-state index in [9.17, 15) is 17.8 Å². The SMILES string of the molecule is CCCCc1oc2ccc(N(CCC)S(=O)(=O)O)cc2c1C(=O)c1ccc(OCCCN(CCCC)CCCC)cc1. The molecule has 0 saturated carbocycles. The van der Waals surface area contributed by atoms with Gasteiger partial charge in [0.15, 0.2) is 5.78 Å². The summed E-state index contributed by atoms with van der Waals surface area (Å²) in [4.78, 5) is 16.4. The normalized spacial score (nSPS) is 11.9. The van der Waals surface area contributed by atoms with Crippen molar-refractivity contribution in [2.75, 3.05) is 37.1 Å². The van der Waals surface area contributed by atoms with Gasteiger partial charge in [-0.15, -0.1) is 0 Å². The summed E-state index contributed by atoms with van der Waals surface area (Å²) in [6, 6.07) is 12.0. The summed E-state index contributed by atoms with van der Waals surface area (Å²) < 4.78 is 47.0. The highest BCUT2D eigenvalue weighted by atomic mass is 32.2. The topological polar surface area (TPSA) is 100 Å². The van der Waals surface area contributed by atoms with E-state index in [2.05, 4.69) is 25.7 Å². The van der Waals surface area contributed by atoms with Crippen LogP contribution in [-0.4, -0.2) is 56.4 Å². The molecule has 3 rings (SSSR count). The number of benzene rings is 2. The standard InChI is InChI=1S/C33H48N2O6S/c1-5-9-13-31-32(29-25-27(16-19-30(29)41-31)35(20-8-4)42(37,38)39)33(36)26-14-17-28(18-15-26)40-24-12-23-34(21-10-6-2)22-11-7-3/h14-19,25H,5-13,20-24H2,1-4H3,(H,37,38,39). The zero-order chi connectivity index (χ0) is 30.5. The monoisotopic (exact) mass is 600 g/mol. The zero-order valence-electron chi connectivity index (χ0n) is 25.7. The number of furan rings is 1. The second-order valence-corrected chi connectivity index (χ2v) is 12.2. The Balaban J connectivity index is 1.78. The zero-order valence-corrected chi connectivity index (χ0v) is 26.5. The number of rotatable bonds is 20. The molecule has 42 heavy (non-hydrogen) atoms.